The van der Waals surface area contributed by atoms with E-state index in [2.05, 4.69) is 10.6 Å². The quantitative estimate of drug-likeness (QED) is 0.473. The van der Waals surface area contributed by atoms with Crippen LogP contribution >= 0.6 is 0 Å². The van der Waals surface area contributed by atoms with Crippen LogP contribution in [-0.4, -0.2) is 39.2 Å². The highest BCUT2D eigenvalue weighted by Crippen LogP contribution is 2.43. The van der Waals surface area contributed by atoms with Gasteiger partial charge in [-0.3, -0.25) is 4.79 Å². The Morgan fingerprint density at radius 1 is 0.971 bits per heavy atom. The SMILES string of the molecule is Cc1ccccc1-n1nc(-c2c(-c3ccc(F)cc3)nn3c2NCC2(CCNCC2)C3)ccc1=O. The molecule has 2 N–H and O–H groups in total. The topological polar surface area (TPSA) is 76.8 Å². The van der Waals surface area contributed by atoms with Gasteiger partial charge in [-0.1, -0.05) is 18.2 Å². The zero-order valence-corrected chi connectivity index (χ0v) is 19.6. The molecule has 1 fully saturated rings. The highest BCUT2D eigenvalue weighted by Gasteiger charge is 2.38. The molecule has 8 heteroatoms. The van der Waals surface area contributed by atoms with Crippen LogP contribution in [0, 0.1) is 18.2 Å². The lowest BCUT2D eigenvalue weighted by Crippen LogP contribution is -2.46. The van der Waals surface area contributed by atoms with Crippen molar-refractivity contribution in [2.24, 2.45) is 5.41 Å². The van der Waals surface area contributed by atoms with Crippen molar-refractivity contribution in [1.82, 2.24) is 24.9 Å². The minimum atomic E-state index is -0.294. The van der Waals surface area contributed by atoms with E-state index in [0.717, 1.165) is 72.9 Å². The number of hydrogen-bond donors (Lipinski definition) is 2. The van der Waals surface area contributed by atoms with E-state index in [1.54, 1.807) is 24.3 Å². The van der Waals surface area contributed by atoms with Gasteiger partial charge in [-0.25, -0.2) is 9.07 Å². The van der Waals surface area contributed by atoms with Crippen LogP contribution in [0.2, 0.25) is 0 Å². The maximum absolute atomic E-state index is 13.7. The molecule has 0 saturated carbocycles. The summed E-state index contributed by atoms with van der Waals surface area (Å²) in [5.41, 5.74) is 4.64. The van der Waals surface area contributed by atoms with Gasteiger partial charge in [0.25, 0.3) is 5.56 Å². The number of fused-ring (bicyclic) bond motifs is 1. The van der Waals surface area contributed by atoms with Crippen LogP contribution in [-0.2, 0) is 6.54 Å². The van der Waals surface area contributed by atoms with E-state index in [1.165, 1.54) is 16.8 Å². The van der Waals surface area contributed by atoms with Crippen molar-refractivity contribution in [2.75, 3.05) is 25.0 Å². The summed E-state index contributed by atoms with van der Waals surface area (Å²) in [4.78, 5) is 12.8. The lowest BCUT2D eigenvalue weighted by Gasteiger charge is -2.41. The van der Waals surface area contributed by atoms with E-state index in [1.807, 2.05) is 35.9 Å². The van der Waals surface area contributed by atoms with E-state index in [9.17, 15) is 9.18 Å². The lowest BCUT2D eigenvalue weighted by molar-refractivity contribution is 0.168. The molecule has 0 aliphatic carbocycles. The number of halogens is 1. The Morgan fingerprint density at radius 2 is 1.74 bits per heavy atom. The van der Waals surface area contributed by atoms with E-state index in [4.69, 9.17) is 10.2 Å². The number of nitrogens with one attached hydrogen (secondary N) is 2. The average Bonchev–Trinajstić information content (AvgIpc) is 3.24. The smallest absolute Gasteiger partial charge is 0.271 e. The van der Waals surface area contributed by atoms with Crippen molar-refractivity contribution in [1.29, 1.82) is 0 Å². The van der Waals surface area contributed by atoms with Crippen LogP contribution in [0.5, 0.6) is 0 Å². The summed E-state index contributed by atoms with van der Waals surface area (Å²) in [7, 11) is 0. The summed E-state index contributed by atoms with van der Waals surface area (Å²) >= 11 is 0. The minimum Gasteiger partial charge on any atom is -0.369 e. The maximum Gasteiger partial charge on any atom is 0.271 e. The molecular weight excluding hydrogens is 443 g/mol. The third kappa shape index (κ3) is 3.83. The molecular formula is C27H27FN6O. The molecule has 2 aliphatic rings. The van der Waals surface area contributed by atoms with Crippen LogP contribution in [0.1, 0.15) is 18.4 Å². The first-order valence-electron chi connectivity index (χ1n) is 12.0. The van der Waals surface area contributed by atoms with Gasteiger partial charge in [-0.2, -0.15) is 14.9 Å². The standard InChI is InChI=1S/C27H27FN6O/c1-18-4-2-3-5-22(18)34-23(35)11-10-21(31-34)24-25(19-6-8-20(28)9-7-19)32-33-17-27(16-30-26(24)33)12-14-29-15-13-27/h2-11,29-30H,12-17H2,1H3. The Balaban J connectivity index is 1.53. The molecule has 2 aromatic carbocycles. The molecule has 4 heterocycles. The normalized spacial score (nSPS) is 16.6. The first-order valence-corrected chi connectivity index (χ1v) is 12.0. The van der Waals surface area contributed by atoms with Crippen molar-refractivity contribution >= 4 is 5.82 Å². The third-order valence-electron chi connectivity index (χ3n) is 7.25. The molecule has 1 saturated heterocycles. The number of hydrogen-bond acceptors (Lipinski definition) is 5. The molecule has 0 bridgehead atoms. The first kappa shape index (κ1) is 21.7. The molecule has 0 unspecified atom stereocenters. The minimum absolute atomic E-state index is 0.148. The summed E-state index contributed by atoms with van der Waals surface area (Å²) < 4.78 is 17.2. The van der Waals surface area contributed by atoms with E-state index >= 15 is 0 Å². The number of anilines is 1. The molecule has 6 rings (SSSR count). The van der Waals surface area contributed by atoms with Crippen molar-refractivity contribution in [3.8, 4) is 28.2 Å². The van der Waals surface area contributed by atoms with E-state index in [0.29, 0.717) is 5.69 Å². The van der Waals surface area contributed by atoms with E-state index in [-0.39, 0.29) is 16.8 Å². The highest BCUT2D eigenvalue weighted by molar-refractivity contribution is 5.87. The Hall–Kier alpha value is -3.78. The Bertz CT molecular complexity index is 1450. The first-order chi connectivity index (χ1) is 17.0. The van der Waals surface area contributed by atoms with Crippen molar-refractivity contribution in [3.05, 3.63) is 82.4 Å². The summed E-state index contributed by atoms with van der Waals surface area (Å²) in [5, 5.41) is 16.9. The summed E-state index contributed by atoms with van der Waals surface area (Å²) in [6.07, 6.45) is 2.16. The Kier molecular flexibility index (Phi) is 5.25. The number of piperidine rings is 1. The molecule has 35 heavy (non-hydrogen) atoms. The lowest BCUT2D eigenvalue weighted by atomic mass is 9.78. The largest absolute Gasteiger partial charge is 0.369 e. The molecule has 0 atom stereocenters. The number of rotatable bonds is 3. The van der Waals surface area contributed by atoms with Crippen LogP contribution in [0.3, 0.4) is 0 Å². The third-order valence-corrected chi connectivity index (χ3v) is 7.25. The summed E-state index contributed by atoms with van der Waals surface area (Å²) in [5.74, 6) is 0.591. The fourth-order valence-corrected chi connectivity index (χ4v) is 5.26. The molecule has 1 spiro atoms. The average molecular weight is 471 g/mol. The molecule has 4 aromatic rings. The van der Waals surface area contributed by atoms with Crippen LogP contribution in [0.25, 0.3) is 28.2 Å². The number of para-hydroxylation sites is 1. The monoisotopic (exact) mass is 470 g/mol. The Labute approximate surface area is 202 Å². The second kappa shape index (κ2) is 8.46. The molecule has 0 radical (unpaired) electrons. The molecule has 0 amide bonds. The van der Waals surface area contributed by atoms with Crippen LogP contribution in [0.4, 0.5) is 10.2 Å². The van der Waals surface area contributed by atoms with Gasteiger partial charge in [0.1, 0.15) is 17.3 Å². The van der Waals surface area contributed by atoms with E-state index < -0.39 is 0 Å². The highest BCUT2D eigenvalue weighted by atomic mass is 19.1. The van der Waals surface area contributed by atoms with Gasteiger partial charge < -0.3 is 10.6 Å². The number of nitrogens with zero attached hydrogens (tertiary/aromatic N) is 4. The van der Waals surface area contributed by atoms with Crippen molar-refractivity contribution in [3.63, 3.8) is 0 Å². The number of aryl methyl sites for hydroxylation is 1. The zero-order valence-electron chi connectivity index (χ0n) is 19.6. The van der Waals surface area contributed by atoms with Crippen molar-refractivity contribution in [2.45, 2.75) is 26.3 Å². The molecule has 178 valence electrons. The zero-order chi connectivity index (χ0) is 24.0. The van der Waals surface area contributed by atoms with Gasteiger partial charge in [0.15, 0.2) is 0 Å². The summed E-state index contributed by atoms with van der Waals surface area (Å²) in [6, 6.07) is 17.4. The maximum atomic E-state index is 13.7. The van der Waals surface area contributed by atoms with Gasteiger partial charge in [0.05, 0.1) is 23.5 Å². The van der Waals surface area contributed by atoms with Crippen LogP contribution < -0.4 is 16.2 Å². The fourth-order valence-electron chi connectivity index (χ4n) is 5.26. The van der Waals surface area contributed by atoms with Crippen molar-refractivity contribution < 1.29 is 4.39 Å². The van der Waals surface area contributed by atoms with Gasteiger partial charge >= 0.3 is 0 Å². The second-order valence-electron chi connectivity index (χ2n) is 9.60. The Morgan fingerprint density at radius 3 is 2.51 bits per heavy atom. The van der Waals surface area contributed by atoms with Gasteiger partial charge in [0.2, 0.25) is 0 Å². The number of aromatic nitrogens is 4. The second-order valence-corrected chi connectivity index (χ2v) is 9.60. The molecule has 2 aliphatic heterocycles. The predicted molar refractivity (Wildman–Crippen MR) is 134 cm³/mol. The predicted octanol–water partition coefficient (Wildman–Crippen LogP) is 4.01. The van der Waals surface area contributed by atoms with Crippen LogP contribution in [0.15, 0.2) is 65.5 Å². The molecule has 7 nitrogen and oxygen atoms in total. The number of benzene rings is 2. The van der Waals surface area contributed by atoms with Gasteiger partial charge in [-0.15, -0.1) is 0 Å². The molecule has 2 aromatic heterocycles. The van der Waals surface area contributed by atoms with Gasteiger partial charge in [-0.05, 0) is 74.8 Å². The van der Waals surface area contributed by atoms with Gasteiger partial charge in [0, 0.05) is 23.6 Å². The summed E-state index contributed by atoms with van der Waals surface area (Å²) in [6.45, 7) is 5.62. The fraction of sp³-hybridized carbons (Fsp3) is 0.296.